The van der Waals surface area contributed by atoms with Crippen LogP contribution in [0.4, 0.5) is 4.79 Å². The number of methoxy groups -OCH3 is 1. The molecule has 3 heterocycles. The van der Waals surface area contributed by atoms with Gasteiger partial charge >= 0.3 is 6.09 Å². The molecule has 3 saturated carbocycles. The molecule has 14 nitrogen and oxygen atoms in total. The van der Waals surface area contributed by atoms with Crippen molar-refractivity contribution < 1.29 is 41.8 Å². The molecule has 3 aromatic rings. The molecule has 1 aromatic heterocycles. The van der Waals surface area contributed by atoms with E-state index in [4.69, 9.17) is 19.2 Å². The maximum atomic E-state index is 15.1. The van der Waals surface area contributed by atoms with Crippen LogP contribution in [-0.4, -0.2) is 91.4 Å². The third kappa shape index (κ3) is 9.98. The first kappa shape index (κ1) is 44.4. The molecular formula is C48H61N5O9S. The smallest absolute Gasteiger partial charge is 0.407 e. The number of nitrogens with one attached hydrogen (secondary N) is 3. The molecule has 4 amide bonds. The van der Waals surface area contributed by atoms with Crippen LogP contribution in [0.1, 0.15) is 101 Å². The van der Waals surface area contributed by atoms with E-state index in [9.17, 15) is 22.8 Å². The molecule has 63 heavy (non-hydrogen) atoms. The molecule has 1 unspecified atom stereocenters. The molecule has 5 aliphatic rings. The number of fused-ring (bicyclic) bond motifs is 3. The van der Waals surface area contributed by atoms with Crippen LogP contribution in [0.15, 0.2) is 61.2 Å². The van der Waals surface area contributed by atoms with Gasteiger partial charge in [0, 0.05) is 35.6 Å². The van der Waals surface area contributed by atoms with Crippen molar-refractivity contribution in [1.29, 1.82) is 0 Å². The van der Waals surface area contributed by atoms with Gasteiger partial charge in [-0.2, -0.15) is 0 Å². The van der Waals surface area contributed by atoms with Gasteiger partial charge in [0.1, 0.15) is 35.2 Å². The zero-order valence-corrected chi connectivity index (χ0v) is 37.5. The van der Waals surface area contributed by atoms with Crippen LogP contribution in [-0.2, 0) is 48.4 Å². The number of aryl methyl sites for hydroxylation is 3. The van der Waals surface area contributed by atoms with Gasteiger partial charge in [-0.05, 0) is 92.7 Å². The number of pyridine rings is 1. The monoisotopic (exact) mass is 883 g/mol. The van der Waals surface area contributed by atoms with Gasteiger partial charge in [0.25, 0.3) is 5.91 Å². The molecule has 1 saturated heterocycles. The summed E-state index contributed by atoms with van der Waals surface area (Å²) in [5.41, 5.74) is 1.70. The highest BCUT2D eigenvalue weighted by molar-refractivity contribution is 7.91. The first-order chi connectivity index (χ1) is 30.2. The second kappa shape index (κ2) is 18.1. The van der Waals surface area contributed by atoms with E-state index in [0.717, 1.165) is 55.2 Å². The van der Waals surface area contributed by atoms with E-state index < -0.39 is 68.7 Å². The lowest BCUT2D eigenvalue weighted by Gasteiger charge is -2.35. The lowest BCUT2D eigenvalue weighted by Crippen LogP contribution is -2.59. The Hall–Kier alpha value is -5.18. The van der Waals surface area contributed by atoms with E-state index >= 15 is 4.79 Å². The SMILES string of the molecule is C=C[C@H]1CC1(NC(=O)[C@@H]1C[C@@H]2CN1C(=O)[C@H](C1CCCCC1)NC(=O)OCC(C)(C)CCCc1cc3c(cc(CCc4ccccc4)nc3cc1OC)O2)C(=O)NS(=O)(=O)C1CC1. The summed E-state index contributed by atoms with van der Waals surface area (Å²) in [6, 6.07) is 14.0. The number of carbonyl (C=O) groups excluding carboxylic acids is 4. The summed E-state index contributed by atoms with van der Waals surface area (Å²) >= 11 is 0. The number of hydrogen-bond donors (Lipinski definition) is 3. The van der Waals surface area contributed by atoms with Crippen molar-refractivity contribution in [3.63, 3.8) is 0 Å². The van der Waals surface area contributed by atoms with E-state index in [-0.39, 0.29) is 37.3 Å². The number of nitrogens with zero attached hydrogens (tertiary/aromatic N) is 2. The highest BCUT2D eigenvalue weighted by Crippen LogP contribution is 2.46. The fourth-order valence-electron chi connectivity index (χ4n) is 9.71. The first-order valence-electron chi connectivity index (χ1n) is 22.6. The number of sulfonamides is 1. The van der Waals surface area contributed by atoms with Gasteiger partial charge in [0.2, 0.25) is 21.8 Å². The largest absolute Gasteiger partial charge is 0.496 e. The second-order valence-corrected chi connectivity index (χ2v) is 21.0. The molecule has 3 N–H and O–H groups in total. The number of rotatable bonds is 11. The molecule has 8 rings (SSSR count). The fourth-order valence-corrected chi connectivity index (χ4v) is 11.1. The molecule has 5 atom stereocenters. The number of amides is 4. The summed E-state index contributed by atoms with van der Waals surface area (Å²) in [7, 11) is -2.27. The van der Waals surface area contributed by atoms with Crippen LogP contribution in [0.3, 0.4) is 0 Å². The van der Waals surface area contributed by atoms with Crippen molar-refractivity contribution in [2.75, 3.05) is 20.3 Å². The number of benzene rings is 2. The Morgan fingerprint density at radius 3 is 2.49 bits per heavy atom. The van der Waals surface area contributed by atoms with E-state index in [1.165, 1.54) is 16.5 Å². The number of carbonyl (C=O) groups is 4. The molecule has 15 heteroatoms. The van der Waals surface area contributed by atoms with Crippen LogP contribution in [0.2, 0.25) is 0 Å². The summed E-state index contributed by atoms with van der Waals surface area (Å²) in [6.07, 6.45) is 9.14. The molecular weight excluding hydrogens is 823 g/mol. The lowest BCUT2D eigenvalue weighted by molar-refractivity contribution is -0.142. The Morgan fingerprint density at radius 2 is 1.79 bits per heavy atom. The van der Waals surface area contributed by atoms with Gasteiger partial charge < -0.3 is 29.7 Å². The quantitative estimate of drug-likeness (QED) is 0.191. The maximum Gasteiger partial charge on any atom is 0.407 e. The van der Waals surface area contributed by atoms with Crippen LogP contribution >= 0.6 is 0 Å². The Kier molecular flexibility index (Phi) is 12.8. The highest BCUT2D eigenvalue weighted by Gasteiger charge is 2.62. The molecule has 338 valence electrons. The summed E-state index contributed by atoms with van der Waals surface area (Å²) < 4.78 is 46.7. The Balaban J connectivity index is 1.17. The van der Waals surface area contributed by atoms with E-state index in [1.807, 2.05) is 44.2 Å². The molecule has 4 bridgehead atoms. The minimum absolute atomic E-state index is 0.0101. The zero-order valence-electron chi connectivity index (χ0n) is 36.7. The van der Waals surface area contributed by atoms with Gasteiger partial charge in [0.05, 0.1) is 31.0 Å². The molecule has 3 aliphatic carbocycles. The summed E-state index contributed by atoms with van der Waals surface area (Å²) in [5, 5.41) is 5.96. The average molecular weight is 884 g/mol. The number of cyclic esters (lactones) is 1. The van der Waals surface area contributed by atoms with Gasteiger partial charge in [-0.15, -0.1) is 6.58 Å². The number of alkyl carbamates (subject to hydrolysis) is 1. The second-order valence-electron chi connectivity index (χ2n) is 19.1. The maximum absolute atomic E-state index is 15.1. The normalized spacial score (nSPS) is 26.7. The minimum Gasteiger partial charge on any atom is -0.496 e. The molecule has 0 radical (unpaired) electrons. The zero-order chi connectivity index (χ0) is 44.5. The Labute approximate surface area is 370 Å². The first-order valence-corrected chi connectivity index (χ1v) is 24.2. The molecule has 2 aromatic carbocycles. The van der Waals surface area contributed by atoms with Gasteiger partial charge in [-0.25, -0.2) is 13.2 Å². The number of ether oxygens (including phenoxy) is 3. The van der Waals surface area contributed by atoms with E-state index in [0.29, 0.717) is 55.5 Å². The van der Waals surface area contributed by atoms with Crippen molar-refractivity contribution in [2.24, 2.45) is 17.3 Å². The van der Waals surface area contributed by atoms with Gasteiger partial charge in [-0.1, -0.05) is 69.5 Å². The van der Waals surface area contributed by atoms with Crippen molar-refractivity contribution in [2.45, 2.75) is 133 Å². The summed E-state index contributed by atoms with van der Waals surface area (Å²) in [6.45, 7) is 8.08. The van der Waals surface area contributed by atoms with Crippen molar-refractivity contribution in [3.05, 3.63) is 78.0 Å². The predicted molar refractivity (Wildman–Crippen MR) is 238 cm³/mol. The van der Waals surface area contributed by atoms with Crippen LogP contribution in [0, 0.1) is 17.3 Å². The van der Waals surface area contributed by atoms with E-state index in [2.05, 4.69) is 40.1 Å². The topological polar surface area (TPSA) is 182 Å². The van der Waals surface area contributed by atoms with Crippen LogP contribution in [0.25, 0.3) is 10.9 Å². The van der Waals surface area contributed by atoms with Gasteiger partial charge in [-0.3, -0.25) is 24.1 Å². The Bertz CT molecular complexity index is 2350. The lowest BCUT2D eigenvalue weighted by atomic mass is 9.83. The van der Waals surface area contributed by atoms with E-state index in [1.54, 1.807) is 7.11 Å². The van der Waals surface area contributed by atoms with Crippen molar-refractivity contribution in [3.8, 4) is 11.5 Å². The van der Waals surface area contributed by atoms with Gasteiger partial charge in [0.15, 0.2) is 0 Å². The highest BCUT2D eigenvalue weighted by atomic mass is 32.2. The average Bonchev–Trinajstić information content (AvgIpc) is 4.21. The van der Waals surface area contributed by atoms with Crippen molar-refractivity contribution in [1.82, 2.24) is 25.2 Å². The number of hydrogen-bond acceptors (Lipinski definition) is 10. The third-order valence-corrected chi connectivity index (χ3v) is 15.5. The molecule has 2 aliphatic heterocycles. The third-order valence-electron chi connectivity index (χ3n) is 13.7. The van der Waals surface area contributed by atoms with Crippen LogP contribution in [0.5, 0.6) is 11.5 Å². The standard InChI is InChI=1S/C48H61N5O9S/c1-5-33-27-48(33,45(56)52-63(58,59)36-20-21-36)51-43(54)39-25-35-28-53(39)44(55)42(31-15-10-7-11-16-31)50-46(57)61-29-47(2,3)22-12-17-32-23-37-38(26-40(32)60-4)49-34(24-41(37)62-35)19-18-30-13-8-6-9-14-30/h5-6,8-9,13-14,23-24,26,31,33,35-36,39,42H,1,7,10-12,15-22,25,27-29H2,2-4H3,(H,50,57)(H,51,54)(H,52,56)/t33-,35+,39-,42-,48?/m0/s1. The minimum atomic E-state index is -3.92. The predicted octanol–water partition coefficient (Wildman–Crippen LogP) is 6.08. The summed E-state index contributed by atoms with van der Waals surface area (Å²) in [5.74, 6) is -1.32. The number of aromatic nitrogens is 1. The fraction of sp³-hybridized carbons (Fsp3) is 0.562. The Morgan fingerprint density at radius 1 is 1.03 bits per heavy atom. The van der Waals surface area contributed by atoms with Crippen LogP contribution < -0.4 is 24.8 Å². The molecule has 4 fully saturated rings. The summed E-state index contributed by atoms with van der Waals surface area (Å²) in [4.78, 5) is 63.7. The van der Waals surface area contributed by atoms with Crippen molar-refractivity contribution >= 4 is 44.7 Å². The molecule has 0 spiro atoms.